The van der Waals surface area contributed by atoms with Gasteiger partial charge in [-0.15, -0.1) is 0 Å². The Hall–Kier alpha value is -2.92. The Morgan fingerprint density at radius 2 is 1.35 bits per heavy atom. The van der Waals surface area contributed by atoms with Gasteiger partial charge < -0.3 is 0 Å². The van der Waals surface area contributed by atoms with E-state index in [1.165, 1.54) is 0 Å². The van der Waals surface area contributed by atoms with E-state index in [0.29, 0.717) is 5.56 Å². The quantitative estimate of drug-likeness (QED) is 0.686. The van der Waals surface area contributed by atoms with Gasteiger partial charge in [0.1, 0.15) is 6.07 Å². The monoisotopic (exact) mass is 256 g/mol. The van der Waals surface area contributed by atoms with Gasteiger partial charge in [0.2, 0.25) is 0 Å². The summed E-state index contributed by atoms with van der Waals surface area (Å²) in [6.07, 6.45) is 1.76. The van der Waals surface area contributed by atoms with Gasteiger partial charge in [0.15, 0.2) is 0 Å². The lowest BCUT2D eigenvalue weighted by atomic mass is 9.97. The molecule has 3 aromatic rings. The maximum absolute atomic E-state index is 9.53. The Morgan fingerprint density at radius 3 is 1.95 bits per heavy atom. The van der Waals surface area contributed by atoms with Crippen molar-refractivity contribution in [3.05, 3.63) is 78.5 Å². The molecule has 3 rings (SSSR count). The predicted molar refractivity (Wildman–Crippen MR) is 79.8 cm³/mol. The van der Waals surface area contributed by atoms with Gasteiger partial charge in [0.25, 0.3) is 0 Å². The van der Waals surface area contributed by atoms with E-state index in [9.17, 15) is 5.26 Å². The minimum atomic E-state index is 0.616. The Labute approximate surface area is 118 Å². The predicted octanol–water partition coefficient (Wildman–Crippen LogP) is 4.29. The molecule has 0 atom stereocenters. The van der Waals surface area contributed by atoms with E-state index in [1.807, 2.05) is 66.7 Å². The first-order valence-corrected chi connectivity index (χ1v) is 6.40. The van der Waals surface area contributed by atoms with Crippen molar-refractivity contribution in [1.82, 2.24) is 4.98 Å². The summed E-state index contributed by atoms with van der Waals surface area (Å²) in [5.74, 6) is 0. The number of benzene rings is 2. The number of nitrogens with zero attached hydrogens (tertiary/aromatic N) is 2. The number of rotatable bonds is 2. The minimum Gasteiger partial charge on any atom is -0.255 e. The van der Waals surface area contributed by atoms with Crippen LogP contribution in [0.4, 0.5) is 0 Å². The van der Waals surface area contributed by atoms with Crippen molar-refractivity contribution >= 4 is 0 Å². The average molecular weight is 256 g/mol. The lowest BCUT2D eigenvalue weighted by molar-refractivity contribution is 1.30. The average Bonchev–Trinajstić information content (AvgIpc) is 2.55. The molecule has 0 fully saturated rings. The van der Waals surface area contributed by atoms with Gasteiger partial charge in [-0.2, -0.15) is 5.26 Å². The van der Waals surface area contributed by atoms with Crippen LogP contribution in [-0.2, 0) is 0 Å². The summed E-state index contributed by atoms with van der Waals surface area (Å²) >= 11 is 0. The third kappa shape index (κ3) is 2.17. The fraction of sp³-hybridized carbons (Fsp3) is 0. The summed E-state index contributed by atoms with van der Waals surface area (Å²) < 4.78 is 0. The fourth-order valence-electron chi connectivity index (χ4n) is 2.25. The Kier molecular flexibility index (Phi) is 3.26. The summed E-state index contributed by atoms with van der Waals surface area (Å²) in [5, 5.41) is 9.53. The molecule has 0 aliphatic carbocycles. The Bertz CT molecular complexity index is 699. The molecule has 0 unspecified atom stereocenters. The molecule has 0 aliphatic heterocycles. The summed E-state index contributed by atoms with van der Waals surface area (Å²) in [4.78, 5) is 4.38. The Balaban J connectivity index is 2.22. The highest BCUT2D eigenvalue weighted by Gasteiger charge is 2.12. The van der Waals surface area contributed by atoms with Crippen molar-refractivity contribution in [3.8, 4) is 28.5 Å². The number of hydrogen-bond donors (Lipinski definition) is 0. The van der Waals surface area contributed by atoms with Crippen molar-refractivity contribution in [2.24, 2.45) is 0 Å². The second-order valence-corrected chi connectivity index (χ2v) is 4.43. The van der Waals surface area contributed by atoms with E-state index < -0.39 is 0 Å². The number of nitriles is 1. The zero-order valence-corrected chi connectivity index (χ0v) is 10.8. The minimum absolute atomic E-state index is 0.616. The summed E-state index contributed by atoms with van der Waals surface area (Å²) in [5.41, 5.74) is 4.26. The van der Waals surface area contributed by atoms with E-state index in [1.54, 1.807) is 6.20 Å². The van der Waals surface area contributed by atoms with Crippen molar-refractivity contribution in [2.75, 3.05) is 0 Å². The van der Waals surface area contributed by atoms with E-state index >= 15 is 0 Å². The zero-order chi connectivity index (χ0) is 13.8. The van der Waals surface area contributed by atoms with Crippen LogP contribution in [0.25, 0.3) is 22.4 Å². The van der Waals surface area contributed by atoms with Crippen LogP contribution in [0.15, 0.2) is 72.9 Å². The molecule has 2 nitrogen and oxygen atoms in total. The lowest BCUT2D eigenvalue weighted by Crippen LogP contribution is -1.92. The highest BCUT2D eigenvalue weighted by atomic mass is 14.7. The first-order chi connectivity index (χ1) is 9.90. The van der Waals surface area contributed by atoms with E-state index in [4.69, 9.17) is 0 Å². The molecule has 0 radical (unpaired) electrons. The molecule has 0 amide bonds. The Morgan fingerprint density at radius 1 is 0.750 bits per heavy atom. The van der Waals surface area contributed by atoms with Gasteiger partial charge in [-0.05, 0) is 11.6 Å². The van der Waals surface area contributed by atoms with E-state index in [-0.39, 0.29) is 0 Å². The molecular weight excluding hydrogens is 244 g/mol. The van der Waals surface area contributed by atoms with Gasteiger partial charge in [-0.3, -0.25) is 4.98 Å². The van der Waals surface area contributed by atoms with Gasteiger partial charge in [0, 0.05) is 17.3 Å². The first-order valence-electron chi connectivity index (χ1n) is 6.40. The molecule has 0 aliphatic rings. The number of hydrogen-bond acceptors (Lipinski definition) is 2. The molecule has 2 aromatic carbocycles. The summed E-state index contributed by atoms with van der Waals surface area (Å²) in [7, 11) is 0. The highest BCUT2D eigenvalue weighted by molar-refractivity contribution is 5.79. The number of aromatic nitrogens is 1. The lowest BCUT2D eigenvalue weighted by Gasteiger charge is -2.08. The maximum Gasteiger partial charge on any atom is 0.102 e. The molecular formula is C18H12N2. The first kappa shape index (κ1) is 12.1. The van der Waals surface area contributed by atoms with Crippen LogP contribution < -0.4 is 0 Å². The standard InChI is InChI=1S/C18H12N2/c19-13-17-16(14-7-3-1-4-8-14)11-12-20-18(17)15-9-5-2-6-10-15/h1-12H. The molecule has 0 saturated heterocycles. The van der Waals surface area contributed by atoms with Crippen LogP contribution in [-0.4, -0.2) is 4.98 Å². The van der Waals surface area contributed by atoms with E-state index in [2.05, 4.69) is 11.1 Å². The van der Waals surface area contributed by atoms with Crippen molar-refractivity contribution in [1.29, 1.82) is 5.26 Å². The second-order valence-electron chi connectivity index (χ2n) is 4.43. The van der Waals surface area contributed by atoms with Crippen LogP contribution >= 0.6 is 0 Å². The molecule has 2 heteroatoms. The second kappa shape index (κ2) is 5.38. The molecule has 0 saturated carbocycles. The molecule has 0 spiro atoms. The van der Waals surface area contributed by atoms with Crippen molar-refractivity contribution in [3.63, 3.8) is 0 Å². The van der Waals surface area contributed by atoms with Crippen LogP contribution in [0.3, 0.4) is 0 Å². The smallest absolute Gasteiger partial charge is 0.102 e. The SMILES string of the molecule is N#Cc1c(-c2ccccc2)ccnc1-c1ccccc1. The van der Waals surface area contributed by atoms with Gasteiger partial charge >= 0.3 is 0 Å². The van der Waals surface area contributed by atoms with Crippen LogP contribution in [0.5, 0.6) is 0 Å². The van der Waals surface area contributed by atoms with Gasteiger partial charge in [-0.25, -0.2) is 0 Å². The van der Waals surface area contributed by atoms with Crippen molar-refractivity contribution in [2.45, 2.75) is 0 Å². The molecule has 94 valence electrons. The summed E-state index contributed by atoms with van der Waals surface area (Å²) in [6.45, 7) is 0. The summed E-state index contributed by atoms with van der Waals surface area (Å²) in [6, 6.07) is 23.9. The normalized spacial score (nSPS) is 9.95. The van der Waals surface area contributed by atoms with E-state index in [0.717, 1.165) is 22.4 Å². The van der Waals surface area contributed by atoms with Gasteiger partial charge in [-0.1, -0.05) is 60.7 Å². The van der Waals surface area contributed by atoms with Crippen molar-refractivity contribution < 1.29 is 0 Å². The maximum atomic E-state index is 9.53. The van der Waals surface area contributed by atoms with Crippen LogP contribution in [0.1, 0.15) is 5.56 Å². The molecule has 0 N–H and O–H groups in total. The zero-order valence-electron chi connectivity index (χ0n) is 10.8. The van der Waals surface area contributed by atoms with Crippen LogP contribution in [0.2, 0.25) is 0 Å². The molecule has 1 heterocycles. The third-order valence-corrected chi connectivity index (χ3v) is 3.19. The topological polar surface area (TPSA) is 36.7 Å². The largest absolute Gasteiger partial charge is 0.255 e. The molecule has 20 heavy (non-hydrogen) atoms. The van der Waals surface area contributed by atoms with Crippen LogP contribution in [0, 0.1) is 11.3 Å². The molecule has 1 aromatic heterocycles. The fourth-order valence-corrected chi connectivity index (χ4v) is 2.25. The number of pyridine rings is 1. The molecule has 0 bridgehead atoms. The van der Waals surface area contributed by atoms with Gasteiger partial charge in [0.05, 0.1) is 11.3 Å². The third-order valence-electron chi connectivity index (χ3n) is 3.19. The highest BCUT2D eigenvalue weighted by Crippen LogP contribution is 2.29.